The van der Waals surface area contributed by atoms with Crippen LogP contribution in [0.1, 0.15) is 19.4 Å². The van der Waals surface area contributed by atoms with Gasteiger partial charge in [0.2, 0.25) is 10.0 Å². The van der Waals surface area contributed by atoms with Crippen molar-refractivity contribution < 1.29 is 13.2 Å². The maximum absolute atomic E-state index is 11.9. The van der Waals surface area contributed by atoms with E-state index in [1.165, 1.54) is 31.4 Å². The summed E-state index contributed by atoms with van der Waals surface area (Å²) in [5, 5.41) is 8.64. The zero-order chi connectivity index (χ0) is 13.8. The van der Waals surface area contributed by atoms with Crippen LogP contribution in [-0.4, -0.2) is 27.7 Å². The van der Waals surface area contributed by atoms with Crippen LogP contribution in [-0.2, 0) is 14.8 Å². The Morgan fingerprint density at radius 2 is 1.89 bits per heavy atom. The molecule has 0 fully saturated rings. The van der Waals surface area contributed by atoms with E-state index in [2.05, 4.69) is 4.72 Å². The van der Waals surface area contributed by atoms with Crippen LogP contribution >= 0.6 is 0 Å². The van der Waals surface area contributed by atoms with Crippen LogP contribution in [0.15, 0.2) is 29.2 Å². The highest BCUT2D eigenvalue weighted by atomic mass is 32.2. The Morgan fingerprint density at radius 3 is 2.33 bits per heavy atom. The number of ether oxygens (including phenoxy) is 1. The molecule has 0 aliphatic carbocycles. The zero-order valence-electron chi connectivity index (χ0n) is 10.6. The first kappa shape index (κ1) is 14.6. The Bertz CT molecular complexity index is 542. The Labute approximate surface area is 107 Å². The summed E-state index contributed by atoms with van der Waals surface area (Å²) in [5.74, 6) is 0. The third kappa shape index (κ3) is 3.81. The minimum atomic E-state index is -3.57. The predicted molar refractivity (Wildman–Crippen MR) is 67.4 cm³/mol. The molecular formula is C12H16N2O3S. The quantitative estimate of drug-likeness (QED) is 0.872. The van der Waals surface area contributed by atoms with E-state index in [0.717, 1.165) is 0 Å². The second-order valence-corrected chi connectivity index (χ2v) is 6.19. The number of nitrogens with one attached hydrogen (secondary N) is 1. The van der Waals surface area contributed by atoms with Crippen LogP contribution < -0.4 is 4.72 Å². The van der Waals surface area contributed by atoms with E-state index in [1.807, 2.05) is 6.07 Å². The van der Waals surface area contributed by atoms with Crippen LogP contribution in [0.5, 0.6) is 0 Å². The predicted octanol–water partition coefficient (Wildman–Crippen LogP) is 1.26. The molecule has 0 atom stereocenters. The number of hydrogen-bond donors (Lipinski definition) is 1. The average molecular weight is 268 g/mol. The third-order valence-corrected chi connectivity index (χ3v) is 3.95. The number of nitriles is 1. The molecule has 18 heavy (non-hydrogen) atoms. The first-order valence-electron chi connectivity index (χ1n) is 5.36. The van der Waals surface area contributed by atoms with Crippen molar-refractivity contribution in [2.24, 2.45) is 0 Å². The molecule has 0 radical (unpaired) electrons. The molecule has 98 valence electrons. The Hall–Kier alpha value is -1.42. The summed E-state index contributed by atoms with van der Waals surface area (Å²) in [4.78, 5) is 0.133. The smallest absolute Gasteiger partial charge is 0.240 e. The van der Waals surface area contributed by atoms with E-state index < -0.39 is 15.6 Å². The van der Waals surface area contributed by atoms with Gasteiger partial charge in [-0.25, -0.2) is 13.1 Å². The molecule has 1 N–H and O–H groups in total. The van der Waals surface area contributed by atoms with Crippen molar-refractivity contribution in [1.29, 1.82) is 5.26 Å². The number of hydrogen-bond acceptors (Lipinski definition) is 4. The van der Waals surface area contributed by atoms with Crippen LogP contribution in [0.3, 0.4) is 0 Å². The molecule has 0 bridgehead atoms. The zero-order valence-corrected chi connectivity index (χ0v) is 11.4. The number of benzene rings is 1. The summed E-state index contributed by atoms with van der Waals surface area (Å²) in [7, 11) is -2.04. The molecule has 0 spiro atoms. The lowest BCUT2D eigenvalue weighted by Gasteiger charge is -2.23. The molecule has 0 saturated carbocycles. The van der Waals surface area contributed by atoms with E-state index in [0.29, 0.717) is 5.56 Å². The number of sulfonamides is 1. The van der Waals surface area contributed by atoms with Gasteiger partial charge < -0.3 is 4.74 Å². The first-order chi connectivity index (χ1) is 8.30. The largest absolute Gasteiger partial charge is 0.377 e. The van der Waals surface area contributed by atoms with Gasteiger partial charge in [0.05, 0.1) is 22.1 Å². The van der Waals surface area contributed by atoms with Crippen LogP contribution in [0, 0.1) is 11.3 Å². The maximum atomic E-state index is 11.9. The van der Waals surface area contributed by atoms with Crippen molar-refractivity contribution in [3.05, 3.63) is 29.8 Å². The van der Waals surface area contributed by atoms with Gasteiger partial charge in [-0.05, 0) is 38.1 Å². The molecule has 0 amide bonds. The summed E-state index contributed by atoms with van der Waals surface area (Å²) in [5.41, 5.74) is -0.147. The van der Waals surface area contributed by atoms with Gasteiger partial charge in [0.1, 0.15) is 0 Å². The highest BCUT2D eigenvalue weighted by Crippen LogP contribution is 2.12. The molecule has 6 heteroatoms. The molecule has 0 saturated heterocycles. The monoisotopic (exact) mass is 268 g/mol. The molecule has 0 aliphatic rings. The lowest BCUT2D eigenvalue weighted by atomic mass is 10.1. The fraction of sp³-hybridized carbons (Fsp3) is 0.417. The molecule has 0 unspecified atom stereocenters. The van der Waals surface area contributed by atoms with E-state index in [9.17, 15) is 8.42 Å². The van der Waals surface area contributed by atoms with Crippen molar-refractivity contribution in [3.8, 4) is 6.07 Å². The topological polar surface area (TPSA) is 79.2 Å². The van der Waals surface area contributed by atoms with Crippen molar-refractivity contribution in [2.45, 2.75) is 24.3 Å². The lowest BCUT2D eigenvalue weighted by Crippen LogP contribution is -2.39. The minimum Gasteiger partial charge on any atom is -0.377 e. The van der Waals surface area contributed by atoms with Crippen molar-refractivity contribution in [2.75, 3.05) is 13.7 Å². The van der Waals surface area contributed by atoms with Gasteiger partial charge in [-0.15, -0.1) is 0 Å². The van der Waals surface area contributed by atoms with E-state index in [1.54, 1.807) is 13.8 Å². The summed E-state index contributed by atoms with van der Waals surface area (Å²) in [6.07, 6.45) is 0. The molecule has 1 aromatic rings. The van der Waals surface area contributed by atoms with Crippen LogP contribution in [0.4, 0.5) is 0 Å². The van der Waals surface area contributed by atoms with E-state index in [-0.39, 0.29) is 11.4 Å². The Morgan fingerprint density at radius 1 is 1.33 bits per heavy atom. The molecule has 0 heterocycles. The highest BCUT2D eigenvalue weighted by molar-refractivity contribution is 7.89. The lowest BCUT2D eigenvalue weighted by molar-refractivity contribution is 0.0276. The summed E-state index contributed by atoms with van der Waals surface area (Å²) in [6, 6.07) is 7.68. The molecule has 5 nitrogen and oxygen atoms in total. The number of nitrogens with zero attached hydrogens (tertiary/aromatic N) is 1. The second-order valence-electron chi connectivity index (χ2n) is 4.42. The van der Waals surface area contributed by atoms with E-state index >= 15 is 0 Å². The van der Waals surface area contributed by atoms with Crippen molar-refractivity contribution >= 4 is 10.0 Å². The van der Waals surface area contributed by atoms with Gasteiger partial charge >= 0.3 is 0 Å². The summed E-state index contributed by atoms with van der Waals surface area (Å²) >= 11 is 0. The second kappa shape index (κ2) is 5.48. The van der Waals surface area contributed by atoms with Gasteiger partial charge in [-0.1, -0.05) is 0 Å². The summed E-state index contributed by atoms with van der Waals surface area (Å²) < 4.78 is 31.5. The number of rotatable bonds is 5. The molecule has 0 aromatic heterocycles. The standard InChI is InChI=1S/C12H16N2O3S/c1-12(2,17-3)9-14-18(15,16)11-6-4-10(8-13)5-7-11/h4-7,14H,9H2,1-3H3. The average Bonchev–Trinajstić information content (AvgIpc) is 2.37. The first-order valence-corrected chi connectivity index (χ1v) is 6.84. The van der Waals surface area contributed by atoms with Crippen LogP contribution in [0.25, 0.3) is 0 Å². The molecule has 1 aromatic carbocycles. The van der Waals surface area contributed by atoms with Gasteiger partial charge in [0.15, 0.2) is 0 Å². The van der Waals surface area contributed by atoms with Gasteiger partial charge in [-0.3, -0.25) is 0 Å². The van der Waals surface area contributed by atoms with Crippen LogP contribution in [0.2, 0.25) is 0 Å². The Balaban J connectivity index is 2.84. The van der Waals surface area contributed by atoms with Crippen molar-refractivity contribution in [3.63, 3.8) is 0 Å². The maximum Gasteiger partial charge on any atom is 0.240 e. The van der Waals surface area contributed by atoms with E-state index in [4.69, 9.17) is 10.00 Å². The van der Waals surface area contributed by atoms with Gasteiger partial charge in [-0.2, -0.15) is 5.26 Å². The van der Waals surface area contributed by atoms with Gasteiger partial charge in [0, 0.05) is 13.7 Å². The van der Waals surface area contributed by atoms with Crippen molar-refractivity contribution in [1.82, 2.24) is 4.72 Å². The fourth-order valence-electron chi connectivity index (χ4n) is 1.13. The van der Waals surface area contributed by atoms with Gasteiger partial charge in [0.25, 0.3) is 0 Å². The Kier molecular flexibility index (Phi) is 4.46. The molecule has 0 aliphatic heterocycles. The molecule has 1 rings (SSSR count). The molecular weight excluding hydrogens is 252 g/mol. The fourth-order valence-corrected chi connectivity index (χ4v) is 2.33. The normalized spacial score (nSPS) is 12.1. The number of methoxy groups -OCH3 is 1. The third-order valence-electron chi connectivity index (χ3n) is 2.53. The minimum absolute atomic E-state index is 0.133. The summed E-state index contributed by atoms with van der Waals surface area (Å²) in [6.45, 7) is 3.74. The highest BCUT2D eigenvalue weighted by Gasteiger charge is 2.21. The SMILES string of the molecule is COC(C)(C)CNS(=O)(=O)c1ccc(C#N)cc1.